The molecule has 128 valence electrons. The lowest BCUT2D eigenvalue weighted by Crippen LogP contribution is -2.42. The minimum absolute atomic E-state index is 0.164. The Morgan fingerprint density at radius 2 is 1.76 bits per heavy atom. The molecule has 3 nitrogen and oxygen atoms in total. The molecular weight excluding hydrogens is 328 g/mol. The number of H-pyrrole nitrogens is 1. The van der Waals surface area contributed by atoms with Gasteiger partial charge in [-0.25, -0.2) is 0 Å². The van der Waals surface area contributed by atoms with E-state index in [0.717, 1.165) is 36.9 Å². The fourth-order valence-electron chi connectivity index (χ4n) is 3.60. The zero-order valence-electron chi connectivity index (χ0n) is 14.1. The number of aromatic amines is 1. The van der Waals surface area contributed by atoms with E-state index in [9.17, 15) is 4.79 Å². The number of amides is 1. The average Bonchev–Trinajstić information content (AvgIpc) is 3.27. The molecule has 2 aromatic carbocycles. The molecule has 0 spiro atoms. The van der Waals surface area contributed by atoms with Crippen LogP contribution in [0.3, 0.4) is 0 Å². The molecule has 1 aromatic heterocycles. The Morgan fingerprint density at radius 3 is 2.52 bits per heavy atom. The zero-order valence-corrected chi connectivity index (χ0v) is 14.9. The SMILES string of the molecule is O=C(NCc1cc2ccccc2[nH]1)C1(Sc2ccccc2)CCCC1. The first-order chi connectivity index (χ1) is 12.3. The van der Waals surface area contributed by atoms with Crippen LogP contribution < -0.4 is 5.32 Å². The van der Waals surface area contributed by atoms with E-state index in [4.69, 9.17) is 0 Å². The number of carbonyl (C=O) groups excluding carboxylic acids is 1. The summed E-state index contributed by atoms with van der Waals surface area (Å²) in [5.74, 6) is 0.164. The van der Waals surface area contributed by atoms with Gasteiger partial charge in [0.25, 0.3) is 0 Å². The number of para-hydroxylation sites is 1. The minimum Gasteiger partial charge on any atom is -0.357 e. The van der Waals surface area contributed by atoms with Gasteiger partial charge >= 0.3 is 0 Å². The molecule has 4 rings (SSSR count). The van der Waals surface area contributed by atoms with E-state index in [1.165, 1.54) is 10.3 Å². The summed E-state index contributed by atoms with van der Waals surface area (Å²) in [7, 11) is 0. The summed E-state index contributed by atoms with van der Waals surface area (Å²) in [6.07, 6.45) is 4.15. The molecule has 0 saturated heterocycles. The van der Waals surface area contributed by atoms with E-state index in [-0.39, 0.29) is 10.7 Å². The normalized spacial score (nSPS) is 16.2. The van der Waals surface area contributed by atoms with Crippen molar-refractivity contribution in [1.29, 1.82) is 0 Å². The highest BCUT2D eigenvalue weighted by Gasteiger charge is 2.42. The van der Waals surface area contributed by atoms with Gasteiger partial charge < -0.3 is 10.3 Å². The molecule has 1 aliphatic rings. The van der Waals surface area contributed by atoms with Crippen molar-refractivity contribution in [3.05, 3.63) is 66.4 Å². The highest BCUT2D eigenvalue weighted by atomic mass is 32.2. The molecule has 4 heteroatoms. The van der Waals surface area contributed by atoms with Crippen LogP contribution in [-0.2, 0) is 11.3 Å². The summed E-state index contributed by atoms with van der Waals surface area (Å²) in [4.78, 5) is 17.6. The number of fused-ring (bicyclic) bond motifs is 1. The Labute approximate surface area is 152 Å². The maximum absolute atomic E-state index is 13.0. The van der Waals surface area contributed by atoms with Crippen LogP contribution in [0.1, 0.15) is 31.4 Å². The van der Waals surface area contributed by atoms with Crippen LogP contribution in [0.2, 0.25) is 0 Å². The number of aromatic nitrogens is 1. The molecule has 0 bridgehead atoms. The predicted octanol–water partition coefficient (Wildman–Crippen LogP) is 4.89. The van der Waals surface area contributed by atoms with Crippen LogP contribution in [0, 0.1) is 0 Å². The molecule has 25 heavy (non-hydrogen) atoms. The van der Waals surface area contributed by atoms with Crippen molar-refractivity contribution in [2.75, 3.05) is 0 Å². The predicted molar refractivity (Wildman–Crippen MR) is 104 cm³/mol. The fourth-order valence-corrected chi connectivity index (χ4v) is 5.00. The van der Waals surface area contributed by atoms with Gasteiger partial charge in [0.1, 0.15) is 0 Å². The summed E-state index contributed by atoms with van der Waals surface area (Å²) in [6.45, 7) is 0.546. The van der Waals surface area contributed by atoms with E-state index in [1.54, 1.807) is 11.8 Å². The number of carbonyl (C=O) groups is 1. The topological polar surface area (TPSA) is 44.9 Å². The van der Waals surface area contributed by atoms with Crippen molar-refractivity contribution < 1.29 is 4.79 Å². The summed E-state index contributed by atoms with van der Waals surface area (Å²) in [5, 5.41) is 4.35. The highest BCUT2D eigenvalue weighted by molar-refractivity contribution is 8.01. The third-order valence-electron chi connectivity index (χ3n) is 4.91. The molecule has 1 saturated carbocycles. The van der Waals surface area contributed by atoms with Crippen LogP contribution in [0.25, 0.3) is 10.9 Å². The average molecular weight is 350 g/mol. The van der Waals surface area contributed by atoms with E-state index in [2.05, 4.69) is 40.6 Å². The van der Waals surface area contributed by atoms with Crippen LogP contribution in [0.15, 0.2) is 65.6 Å². The van der Waals surface area contributed by atoms with E-state index in [1.807, 2.05) is 30.3 Å². The van der Waals surface area contributed by atoms with Gasteiger partial charge in [-0.15, -0.1) is 11.8 Å². The molecule has 1 fully saturated rings. The van der Waals surface area contributed by atoms with Gasteiger partial charge in [0.05, 0.1) is 11.3 Å². The second-order valence-corrected chi connectivity index (χ2v) is 8.14. The molecule has 0 atom stereocenters. The molecule has 1 heterocycles. The molecular formula is C21H22N2OS. The van der Waals surface area contributed by atoms with Crippen molar-refractivity contribution in [3.8, 4) is 0 Å². The second kappa shape index (κ2) is 6.96. The van der Waals surface area contributed by atoms with Crippen LogP contribution in [-0.4, -0.2) is 15.6 Å². The summed E-state index contributed by atoms with van der Waals surface area (Å²) in [5.41, 5.74) is 2.16. The van der Waals surface area contributed by atoms with E-state index < -0.39 is 0 Å². The van der Waals surface area contributed by atoms with Gasteiger partial charge in [-0.1, -0.05) is 49.2 Å². The van der Waals surface area contributed by atoms with Crippen molar-refractivity contribution in [2.45, 2.75) is 41.9 Å². The van der Waals surface area contributed by atoms with Crippen LogP contribution in [0.5, 0.6) is 0 Å². The maximum atomic E-state index is 13.0. The Morgan fingerprint density at radius 1 is 1.04 bits per heavy atom. The quantitative estimate of drug-likeness (QED) is 0.688. The number of benzene rings is 2. The summed E-state index contributed by atoms with van der Waals surface area (Å²) in [6, 6.07) is 20.6. The number of hydrogen-bond donors (Lipinski definition) is 2. The van der Waals surface area contributed by atoms with Crippen LogP contribution >= 0.6 is 11.8 Å². The van der Waals surface area contributed by atoms with Crippen molar-refractivity contribution in [2.24, 2.45) is 0 Å². The van der Waals surface area contributed by atoms with Gasteiger partial charge in [0, 0.05) is 16.1 Å². The lowest BCUT2D eigenvalue weighted by Gasteiger charge is -2.27. The number of hydrogen-bond acceptors (Lipinski definition) is 2. The van der Waals surface area contributed by atoms with Gasteiger partial charge in [-0.05, 0) is 42.5 Å². The molecule has 0 aliphatic heterocycles. The largest absolute Gasteiger partial charge is 0.357 e. The van der Waals surface area contributed by atoms with Crippen molar-refractivity contribution in [1.82, 2.24) is 10.3 Å². The van der Waals surface area contributed by atoms with Crippen molar-refractivity contribution in [3.63, 3.8) is 0 Å². The molecule has 0 radical (unpaired) electrons. The highest BCUT2D eigenvalue weighted by Crippen LogP contribution is 2.45. The molecule has 3 aromatic rings. The zero-order chi connectivity index (χ0) is 17.1. The number of rotatable bonds is 5. The Hall–Kier alpha value is -2.20. The van der Waals surface area contributed by atoms with Crippen LogP contribution in [0.4, 0.5) is 0 Å². The van der Waals surface area contributed by atoms with Gasteiger partial charge in [0.15, 0.2) is 0 Å². The monoisotopic (exact) mass is 350 g/mol. The minimum atomic E-state index is -0.326. The maximum Gasteiger partial charge on any atom is 0.236 e. The number of thioether (sulfide) groups is 1. The van der Waals surface area contributed by atoms with Gasteiger partial charge in [-0.3, -0.25) is 4.79 Å². The summed E-state index contributed by atoms with van der Waals surface area (Å²) < 4.78 is -0.326. The molecule has 0 unspecified atom stereocenters. The van der Waals surface area contributed by atoms with E-state index in [0.29, 0.717) is 6.54 Å². The fraction of sp³-hybridized carbons (Fsp3) is 0.286. The van der Waals surface area contributed by atoms with Gasteiger partial charge in [0.2, 0.25) is 5.91 Å². The molecule has 1 amide bonds. The molecule has 1 aliphatic carbocycles. The first-order valence-electron chi connectivity index (χ1n) is 8.84. The second-order valence-electron chi connectivity index (χ2n) is 6.68. The Balaban J connectivity index is 1.47. The lowest BCUT2D eigenvalue weighted by atomic mass is 10.1. The third-order valence-corrected chi connectivity index (χ3v) is 6.40. The smallest absolute Gasteiger partial charge is 0.236 e. The standard InChI is InChI=1S/C21H22N2OS/c24-20(22-15-17-14-16-8-4-5-11-19(16)23-17)21(12-6-7-13-21)25-18-9-2-1-3-10-18/h1-5,8-11,14,23H,6-7,12-13,15H2,(H,22,24). The summed E-state index contributed by atoms with van der Waals surface area (Å²) >= 11 is 1.72. The Bertz CT molecular complexity index is 833. The lowest BCUT2D eigenvalue weighted by molar-refractivity contribution is -0.123. The first-order valence-corrected chi connectivity index (χ1v) is 9.66. The van der Waals surface area contributed by atoms with E-state index >= 15 is 0 Å². The first kappa shape index (κ1) is 16.3. The van der Waals surface area contributed by atoms with Gasteiger partial charge in [-0.2, -0.15) is 0 Å². The Kier molecular flexibility index (Phi) is 4.53. The number of nitrogens with one attached hydrogen (secondary N) is 2. The third kappa shape index (κ3) is 3.45. The molecule has 2 N–H and O–H groups in total. The van der Waals surface area contributed by atoms with Crippen molar-refractivity contribution >= 4 is 28.6 Å².